The van der Waals surface area contributed by atoms with Crippen molar-refractivity contribution in [3.8, 4) is 0 Å². The molecule has 2 aromatic rings. The molecule has 0 spiro atoms. The lowest BCUT2D eigenvalue weighted by Gasteiger charge is -2.40. The second kappa shape index (κ2) is 11.1. The van der Waals surface area contributed by atoms with Crippen molar-refractivity contribution < 1.29 is 4.79 Å². The van der Waals surface area contributed by atoms with Crippen LogP contribution >= 0.6 is 11.3 Å². The first-order chi connectivity index (χ1) is 16.3. The van der Waals surface area contributed by atoms with Gasteiger partial charge in [-0.2, -0.15) is 0 Å². The number of carbonyl (C=O) groups is 1. The Balaban J connectivity index is 1.01. The Hall–Kier alpha value is -1.77. The van der Waals surface area contributed by atoms with Crippen LogP contribution in [0.15, 0.2) is 18.3 Å². The number of carbonyl (C=O) groups excluding carboxylic acids is 1. The Morgan fingerprint density at radius 2 is 1.91 bits per heavy atom. The maximum atomic E-state index is 12.8. The number of likely N-dealkylation sites (tertiary alicyclic amines) is 2. The maximum absolute atomic E-state index is 12.8. The van der Waals surface area contributed by atoms with Gasteiger partial charge in [0.1, 0.15) is 10.3 Å². The van der Waals surface area contributed by atoms with Gasteiger partial charge in [0.15, 0.2) is 5.13 Å². The number of pyridine rings is 1. The number of anilines is 1. The molecule has 1 N–H and O–H groups in total. The normalized spacial score (nSPS) is 23.8. The van der Waals surface area contributed by atoms with E-state index in [2.05, 4.69) is 25.0 Å². The van der Waals surface area contributed by atoms with Crippen LogP contribution in [0.4, 0.5) is 5.13 Å². The van der Waals surface area contributed by atoms with Crippen LogP contribution in [0.5, 0.6) is 0 Å². The zero-order chi connectivity index (χ0) is 22.5. The van der Waals surface area contributed by atoms with Crippen molar-refractivity contribution in [3.63, 3.8) is 0 Å². The molecule has 3 fully saturated rings. The summed E-state index contributed by atoms with van der Waals surface area (Å²) in [5.74, 6) is 0.266. The summed E-state index contributed by atoms with van der Waals surface area (Å²) < 4.78 is 0. The Morgan fingerprint density at radius 3 is 2.73 bits per heavy atom. The molecule has 180 valence electrons. The first kappa shape index (κ1) is 23.0. The summed E-state index contributed by atoms with van der Waals surface area (Å²) in [6, 6.07) is 4.74. The zero-order valence-corrected chi connectivity index (χ0v) is 20.6. The molecule has 8 heteroatoms. The highest BCUT2D eigenvalue weighted by Crippen LogP contribution is 2.30. The third kappa shape index (κ3) is 5.84. The Kier molecular flexibility index (Phi) is 7.74. The number of thiazole rings is 1. The molecular weight excluding hydrogens is 432 g/mol. The predicted octanol–water partition coefficient (Wildman–Crippen LogP) is 3.36. The molecule has 0 unspecified atom stereocenters. The second-order valence-corrected chi connectivity index (χ2v) is 10.9. The molecule has 5 rings (SSSR count). The number of fused-ring (bicyclic) bond motifs is 1. The van der Waals surface area contributed by atoms with Gasteiger partial charge in [-0.1, -0.05) is 17.8 Å². The fraction of sp³-hybridized carbons (Fsp3) is 0.720. The molecule has 5 heterocycles. The average Bonchev–Trinajstić information content (AvgIpc) is 3.32. The molecule has 2 aromatic heterocycles. The molecule has 7 nitrogen and oxygen atoms in total. The largest absolute Gasteiger partial charge is 0.356 e. The van der Waals surface area contributed by atoms with Gasteiger partial charge in [0.2, 0.25) is 5.91 Å². The van der Waals surface area contributed by atoms with Gasteiger partial charge < -0.3 is 20.0 Å². The fourth-order valence-electron chi connectivity index (χ4n) is 5.71. The SMILES string of the molecule is O=C(NCCCN1CCC(N2CCCCC2)CC1)[C@@H]1CCCN(c2nc3cccnc3s2)C1. The number of aromatic nitrogens is 2. The highest BCUT2D eigenvalue weighted by molar-refractivity contribution is 7.21. The molecule has 1 amide bonds. The van der Waals surface area contributed by atoms with Gasteiger partial charge in [-0.15, -0.1) is 0 Å². The smallest absolute Gasteiger partial charge is 0.224 e. The summed E-state index contributed by atoms with van der Waals surface area (Å²) in [7, 11) is 0. The summed E-state index contributed by atoms with van der Waals surface area (Å²) in [6.45, 7) is 8.66. The van der Waals surface area contributed by atoms with E-state index >= 15 is 0 Å². The van der Waals surface area contributed by atoms with Crippen LogP contribution in [0, 0.1) is 5.92 Å². The first-order valence-electron chi connectivity index (χ1n) is 13.0. The number of amides is 1. The topological polar surface area (TPSA) is 64.6 Å². The molecular formula is C25H38N6OS. The zero-order valence-electron chi connectivity index (χ0n) is 19.8. The third-order valence-electron chi connectivity index (χ3n) is 7.63. The number of hydrogen-bond donors (Lipinski definition) is 1. The van der Waals surface area contributed by atoms with E-state index in [9.17, 15) is 4.79 Å². The van der Waals surface area contributed by atoms with Gasteiger partial charge in [-0.3, -0.25) is 4.79 Å². The highest BCUT2D eigenvalue weighted by Gasteiger charge is 2.28. The lowest BCUT2D eigenvalue weighted by Crippen LogP contribution is -2.47. The minimum Gasteiger partial charge on any atom is -0.356 e. The second-order valence-electron chi connectivity index (χ2n) is 9.92. The molecule has 0 radical (unpaired) electrons. The van der Waals surface area contributed by atoms with Crippen molar-refractivity contribution >= 4 is 32.7 Å². The van der Waals surface area contributed by atoms with E-state index in [0.29, 0.717) is 0 Å². The van der Waals surface area contributed by atoms with Crippen LogP contribution in [0.2, 0.25) is 0 Å². The molecule has 0 bridgehead atoms. The van der Waals surface area contributed by atoms with Crippen LogP contribution in [-0.4, -0.2) is 84.1 Å². The van der Waals surface area contributed by atoms with Crippen LogP contribution in [-0.2, 0) is 4.79 Å². The molecule has 3 aliphatic rings. The van der Waals surface area contributed by atoms with Gasteiger partial charge in [0.05, 0.1) is 5.92 Å². The minimum atomic E-state index is 0.0546. The Bertz CT molecular complexity index is 872. The number of rotatable bonds is 7. The molecule has 0 aromatic carbocycles. The lowest BCUT2D eigenvalue weighted by molar-refractivity contribution is -0.125. The van der Waals surface area contributed by atoms with Crippen LogP contribution in [0.3, 0.4) is 0 Å². The van der Waals surface area contributed by atoms with Crippen molar-refractivity contribution in [1.29, 1.82) is 0 Å². The molecule has 3 aliphatic heterocycles. The lowest BCUT2D eigenvalue weighted by atomic mass is 9.97. The molecule has 0 saturated carbocycles. The molecule has 1 atom stereocenters. The standard InChI is InChI=1S/C25H38N6OS/c32-23(20-7-5-16-31(19-20)25-28-22-8-4-11-27-24(22)33-25)26-12-6-13-29-17-9-21(10-18-29)30-14-2-1-3-15-30/h4,8,11,20-21H,1-3,5-7,9-10,12-19H2,(H,26,32)/t20-/m1/s1. The molecule has 33 heavy (non-hydrogen) atoms. The Morgan fingerprint density at radius 1 is 1.06 bits per heavy atom. The number of nitrogens with one attached hydrogen (secondary N) is 1. The van der Waals surface area contributed by atoms with Gasteiger partial charge in [0.25, 0.3) is 0 Å². The van der Waals surface area contributed by atoms with Gasteiger partial charge in [0, 0.05) is 31.9 Å². The summed E-state index contributed by atoms with van der Waals surface area (Å²) in [5.41, 5.74) is 0.948. The number of nitrogens with zero attached hydrogens (tertiary/aromatic N) is 5. The highest BCUT2D eigenvalue weighted by atomic mass is 32.1. The van der Waals surface area contributed by atoms with E-state index in [1.165, 1.54) is 58.3 Å². The average molecular weight is 471 g/mol. The minimum absolute atomic E-state index is 0.0546. The van der Waals surface area contributed by atoms with E-state index in [1.807, 2.05) is 18.3 Å². The van der Waals surface area contributed by atoms with Crippen LogP contribution < -0.4 is 10.2 Å². The molecule has 3 saturated heterocycles. The summed E-state index contributed by atoms with van der Waals surface area (Å²) in [5, 5.41) is 4.22. The van der Waals surface area contributed by atoms with E-state index < -0.39 is 0 Å². The predicted molar refractivity (Wildman–Crippen MR) is 135 cm³/mol. The van der Waals surface area contributed by atoms with Crippen molar-refractivity contribution in [2.24, 2.45) is 5.92 Å². The van der Waals surface area contributed by atoms with Crippen LogP contribution in [0.25, 0.3) is 10.3 Å². The Labute approximate surface area is 201 Å². The van der Waals surface area contributed by atoms with Crippen molar-refractivity contribution in [2.75, 3.05) is 57.3 Å². The van der Waals surface area contributed by atoms with E-state index in [-0.39, 0.29) is 11.8 Å². The van der Waals surface area contributed by atoms with E-state index in [4.69, 9.17) is 4.98 Å². The molecule has 0 aliphatic carbocycles. The van der Waals surface area contributed by atoms with E-state index in [0.717, 1.165) is 67.0 Å². The van der Waals surface area contributed by atoms with E-state index in [1.54, 1.807) is 11.3 Å². The fourth-order valence-corrected chi connectivity index (χ4v) is 6.65. The van der Waals surface area contributed by atoms with Crippen LogP contribution in [0.1, 0.15) is 51.4 Å². The van der Waals surface area contributed by atoms with Crippen molar-refractivity contribution in [2.45, 2.75) is 57.4 Å². The third-order valence-corrected chi connectivity index (χ3v) is 8.67. The maximum Gasteiger partial charge on any atom is 0.224 e. The monoisotopic (exact) mass is 470 g/mol. The van der Waals surface area contributed by atoms with Gasteiger partial charge in [-0.25, -0.2) is 9.97 Å². The van der Waals surface area contributed by atoms with Crippen molar-refractivity contribution in [1.82, 2.24) is 25.1 Å². The number of piperidine rings is 3. The summed E-state index contributed by atoms with van der Waals surface area (Å²) >= 11 is 1.63. The first-order valence-corrected chi connectivity index (χ1v) is 13.8. The summed E-state index contributed by atoms with van der Waals surface area (Å²) in [4.78, 5) is 30.5. The van der Waals surface area contributed by atoms with Gasteiger partial charge >= 0.3 is 0 Å². The number of hydrogen-bond acceptors (Lipinski definition) is 7. The van der Waals surface area contributed by atoms with Crippen molar-refractivity contribution in [3.05, 3.63) is 18.3 Å². The van der Waals surface area contributed by atoms with Gasteiger partial charge in [-0.05, 0) is 89.8 Å². The summed E-state index contributed by atoms with van der Waals surface area (Å²) in [6.07, 6.45) is 11.7. The quantitative estimate of drug-likeness (QED) is 0.626.